The second-order valence-electron chi connectivity index (χ2n) is 6.07. The Morgan fingerprint density at radius 1 is 0.611 bits per heavy atom. The van der Waals surface area contributed by atoms with Gasteiger partial charge in [-0.25, -0.2) is 0 Å². The summed E-state index contributed by atoms with van der Waals surface area (Å²) in [5.74, 6) is 0.901. The van der Waals surface area contributed by atoms with E-state index in [1.54, 1.807) is 0 Å². The fourth-order valence-corrected chi connectivity index (χ4v) is 2.39. The van der Waals surface area contributed by atoms with Crippen molar-refractivity contribution in [3.8, 4) is 0 Å². The third-order valence-corrected chi connectivity index (χ3v) is 3.64. The van der Waals surface area contributed by atoms with Gasteiger partial charge >= 0.3 is 29.6 Å². The molecule has 0 saturated heterocycles. The molecular formula is C17H37Na. The second-order valence-corrected chi connectivity index (χ2v) is 6.07. The summed E-state index contributed by atoms with van der Waals surface area (Å²) in [6.45, 7) is 6.95. The quantitative estimate of drug-likeness (QED) is 0.350. The van der Waals surface area contributed by atoms with Crippen LogP contribution < -0.4 is 29.6 Å². The molecule has 0 aromatic carbocycles. The molecule has 0 heterocycles. The zero-order valence-electron chi connectivity index (χ0n) is 14.8. The standard InChI is InChI=1S/C17H36.Na.H/c1-4-5-6-7-8-9-10-11-12-13-14-15-16-17(2)3;;/h17H,4-16H2,1-3H3;;/q;+1;-1. The van der Waals surface area contributed by atoms with Gasteiger partial charge in [0.15, 0.2) is 0 Å². The third kappa shape index (κ3) is 19.3. The summed E-state index contributed by atoms with van der Waals surface area (Å²) in [5, 5.41) is 0. The molecule has 0 aliphatic heterocycles. The van der Waals surface area contributed by atoms with Crippen molar-refractivity contribution in [2.75, 3.05) is 0 Å². The first kappa shape index (κ1) is 21.3. The van der Waals surface area contributed by atoms with E-state index >= 15 is 0 Å². The van der Waals surface area contributed by atoms with Crippen LogP contribution in [0.25, 0.3) is 0 Å². The maximum Gasteiger partial charge on any atom is 1.00 e. The molecule has 0 N–H and O–H groups in total. The number of unbranched alkanes of at least 4 members (excludes halogenated alkanes) is 11. The SMILES string of the molecule is CCCCCCCCCCCCCCC(C)C.[H-].[Na+]. The van der Waals surface area contributed by atoms with Gasteiger partial charge in [0, 0.05) is 0 Å². The molecule has 0 saturated carbocycles. The molecule has 0 bridgehead atoms. The maximum atomic E-state index is 2.33. The Kier molecular flexibility index (Phi) is 21.3. The van der Waals surface area contributed by atoms with E-state index in [1.165, 1.54) is 83.5 Å². The summed E-state index contributed by atoms with van der Waals surface area (Å²) < 4.78 is 0. The summed E-state index contributed by atoms with van der Waals surface area (Å²) in [4.78, 5) is 0. The van der Waals surface area contributed by atoms with Crippen molar-refractivity contribution in [3.05, 3.63) is 0 Å². The monoisotopic (exact) mass is 264 g/mol. The van der Waals surface area contributed by atoms with Gasteiger partial charge in [-0.05, 0) is 5.92 Å². The van der Waals surface area contributed by atoms with Crippen LogP contribution in [0.1, 0.15) is 106 Å². The summed E-state index contributed by atoms with van der Waals surface area (Å²) in [6, 6.07) is 0. The van der Waals surface area contributed by atoms with Crippen LogP contribution in [-0.4, -0.2) is 0 Å². The zero-order valence-corrected chi connectivity index (χ0v) is 15.8. The van der Waals surface area contributed by atoms with E-state index in [4.69, 9.17) is 0 Å². The van der Waals surface area contributed by atoms with Crippen LogP contribution in [0.5, 0.6) is 0 Å². The van der Waals surface area contributed by atoms with Crippen molar-refractivity contribution in [2.24, 2.45) is 5.92 Å². The van der Waals surface area contributed by atoms with Crippen molar-refractivity contribution >= 4 is 0 Å². The molecule has 106 valence electrons. The molecule has 0 aromatic rings. The minimum absolute atomic E-state index is 0. The van der Waals surface area contributed by atoms with E-state index in [9.17, 15) is 0 Å². The molecule has 0 unspecified atom stereocenters. The Bertz CT molecular complexity index is 137. The topological polar surface area (TPSA) is 0 Å². The fraction of sp³-hybridized carbons (Fsp3) is 1.00. The smallest absolute Gasteiger partial charge is 1.00 e. The molecule has 0 nitrogen and oxygen atoms in total. The molecule has 18 heavy (non-hydrogen) atoms. The molecular weight excluding hydrogens is 227 g/mol. The molecule has 0 aromatic heterocycles. The van der Waals surface area contributed by atoms with E-state index < -0.39 is 0 Å². The summed E-state index contributed by atoms with van der Waals surface area (Å²) in [7, 11) is 0. The molecule has 0 amide bonds. The van der Waals surface area contributed by atoms with Crippen molar-refractivity contribution in [2.45, 2.75) is 104 Å². The Labute approximate surface area is 140 Å². The van der Waals surface area contributed by atoms with Crippen LogP contribution in [0.4, 0.5) is 0 Å². The van der Waals surface area contributed by atoms with Crippen molar-refractivity contribution < 1.29 is 31.0 Å². The van der Waals surface area contributed by atoms with E-state index in [-0.39, 0.29) is 31.0 Å². The minimum atomic E-state index is 0. The molecule has 0 rings (SSSR count). The molecule has 1 heteroatoms. The van der Waals surface area contributed by atoms with Gasteiger partial charge in [-0.3, -0.25) is 0 Å². The molecule has 0 aliphatic carbocycles. The fourth-order valence-electron chi connectivity index (χ4n) is 2.39. The van der Waals surface area contributed by atoms with Gasteiger partial charge in [0.25, 0.3) is 0 Å². The van der Waals surface area contributed by atoms with Gasteiger partial charge in [0.1, 0.15) is 0 Å². The maximum absolute atomic E-state index is 2.33. The van der Waals surface area contributed by atoms with Crippen LogP contribution in [-0.2, 0) is 0 Å². The number of hydrogen-bond acceptors (Lipinski definition) is 0. The average Bonchev–Trinajstić information content (AvgIpc) is 2.30. The van der Waals surface area contributed by atoms with Gasteiger partial charge < -0.3 is 1.43 Å². The van der Waals surface area contributed by atoms with Gasteiger partial charge in [0.2, 0.25) is 0 Å². The van der Waals surface area contributed by atoms with Crippen molar-refractivity contribution in [1.82, 2.24) is 0 Å². The third-order valence-electron chi connectivity index (χ3n) is 3.64. The molecule has 0 atom stereocenters. The summed E-state index contributed by atoms with van der Waals surface area (Å²) >= 11 is 0. The molecule has 0 fully saturated rings. The van der Waals surface area contributed by atoms with Crippen LogP contribution >= 0.6 is 0 Å². The molecule has 0 aliphatic rings. The van der Waals surface area contributed by atoms with Crippen LogP contribution in [0.3, 0.4) is 0 Å². The van der Waals surface area contributed by atoms with Gasteiger partial charge in [-0.15, -0.1) is 0 Å². The minimum Gasteiger partial charge on any atom is -1.00 e. The normalized spacial score (nSPS) is 10.7. The summed E-state index contributed by atoms with van der Waals surface area (Å²) in [5.41, 5.74) is 0. The predicted octanol–water partition coefficient (Wildman–Crippen LogP) is 3.85. The molecule has 0 radical (unpaired) electrons. The Morgan fingerprint density at radius 2 is 0.944 bits per heavy atom. The molecule has 0 spiro atoms. The van der Waals surface area contributed by atoms with Crippen LogP contribution in [0.2, 0.25) is 0 Å². The first-order valence-electron chi connectivity index (χ1n) is 8.27. The average molecular weight is 264 g/mol. The Morgan fingerprint density at radius 3 is 1.28 bits per heavy atom. The van der Waals surface area contributed by atoms with Gasteiger partial charge in [-0.2, -0.15) is 0 Å². The van der Waals surface area contributed by atoms with Crippen molar-refractivity contribution in [3.63, 3.8) is 0 Å². The predicted molar refractivity (Wildman–Crippen MR) is 81.6 cm³/mol. The summed E-state index contributed by atoms with van der Waals surface area (Å²) in [6.07, 6.45) is 19.0. The van der Waals surface area contributed by atoms with Crippen molar-refractivity contribution in [1.29, 1.82) is 0 Å². The number of hydrogen-bond donors (Lipinski definition) is 0. The van der Waals surface area contributed by atoms with E-state index in [0.717, 1.165) is 5.92 Å². The van der Waals surface area contributed by atoms with Crippen LogP contribution in [0, 0.1) is 5.92 Å². The largest absolute Gasteiger partial charge is 1.00 e. The first-order valence-corrected chi connectivity index (χ1v) is 8.27. The Hall–Kier alpha value is 1.00. The zero-order chi connectivity index (χ0) is 12.8. The van der Waals surface area contributed by atoms with E-state index in [0.29, 0.717) is 0 Å². The Balaban J connectivity index is -0.00000128. The van der Waals surface area contributed by atoms with Gasteiger partial charge in [-0.1, -0.05) is 104 Å². The second kappa shape index (κ2) is 18.0. The van der Waals surface area contributed by atoms with E-state index in [2.05, 4.69) is 20.8 Å². The number of rotatable bonds is 13. The van der Waals surface area contributed by atoms with Gasteiger partial charge in [0.05, 0.1) is 0 Å². The van der Waals surface area contributed by atoms with Crippen LogP contribution in [0.15, 0.2) is 0 Å². The van der Waals surface area contributed by atoms with E-state index in [1.807, 2.05) is 0 Å². The first-order chi connectivity index (χ1) is 8.27.